The molecule has 4 aromatic rings. The number of rotatable bonds is 6. The molecule has 0 atom stereocenters. The number of amidine groups is 1. The fraction of sp³-hybridized carbons (Fsp3) is 0.105. The smallest absolute Gasteiger partial charge is 0.209 e. The highest BCUT2D eigenvalue weighted by Crippen LogP contribution is 2.30. The van der Waals surface area contributed by atoms with E-state index < -0.39 is 0 Å². The second-order valence-electron chi connectivity index (χ2n) is 5.97. The Labute approximate surface area is 165 Å². The van der Waals surface area contributed by atoms with E-state index in [1.54, 1.807) is 7.11 Å². The van der Waals surface area contributed by atoms with Gasteiger partial charge >= 0.3 is 0 Å². The van der Waals surface area contributed by atoms with Crippen LogP contribution < -0.4 is 16.3 Å². The largest absolute Gasteiger partial charge is 0.497 e. The van der Waals surface area contributed by atoms with Crippen molar-refractivity contribution in [3.05, 3.63) is 48.5 Å². The van der Waals surface area contributed by atoms with Crippen LogP contribution in [0.2, 0.25) is 0 Å². The molecule has 0 unspecified atom stereocenters. The van der Waals surface area contributed by atoms with Crippen molar-refractivity contribution in [2.45, 2.75) is 5.16 Å². The number of fused-ring (bicyclic) bond motifs is 1. The van der Waals surface area contributed by atoms with Gasteiger partial charge in [-0.05, 0) is 41.1 Å². The number of hydrogen-bond donors (Lipinski definition) is 3. The standard InChI is InChI=1S/C19H18N6O2S/c1-26-14-5-4-11-8-13(3-2-12(11)9-14)15-6-7-16(27-15)18-22-19(25-24-18)28-10-17(20)23-21/h2-9H,10,21H2,1H3,(H2,20,23)(H,22,24,25). The average molecular weight is 394 g/mol. The maximum atomic E-state index is 5.97. The molecule has 0 saturated carbocycles. The normalized spacial score (nSPS) is 11.8. The van der Waals surface area contributed by atoms with Crippen LogP contribution in [0.4, 0.5) is 0 Å². The fourth-order valence-electron chi connectivity index (χ4n) is 2.72. The number of H-pyrrole nitrogens is 1. The first-order valence-corrected chi connectivity index (χ1v) is 9.40. The second-order valence-corrected chi connectivity index (χ2v) is 6.91. The minimum Gasteiger partial charge on any atom is -0.497 e. The summed E-state index contributed by atoms with van der Waals surface area (Å²) in [6, 6.07) is 15.9. The predicted octanol–water partition coefficient (Wildman–Crippen LogP) is 3.22. The van der Waals surface area contributed by atoms with E-state index in [0.29, 0.717) is 28.3 Å². The van der Waals surface area contributed by atoms with Crippen LogP contribution >= 0.6 is 11.8 Å². The first kappa shape index (κ1) is 17.9. The van der Waals surface area contributed by atoms with Crippen molar-refractivity contribution in [3.63, 3.8) is 0 Å². The van der Waals surface area contributed by atoms with Gasteiger partial charge in [-0.3, -0.25) is 5.10 Å². The molecule has 0 aliphatic rings. The highest BCUT2D eigenvalue weighted by molar-refractivity contribution is 7.99. The van der Waals surface area contributed by atoms with Gasteiger partial charge in [0.1, 0.15) is 17.3 Å². The van der Waals surface area contributed by atoms with Gasteiger partial charge in [0.25, 0.3) is 0 Å². The van der Waals surface area contributed by atoms with E-state index in [4.69, 9.17) is 20.7 Å². The highest BCUT2D eigenvalue weighted by Gasteiger charge is 2.12. The molecule has 28 heavy (non-hydrogen) atoms. The Morgan fingerprint density at radius 3 is 2.75 bits per heavy atom. The van der Waals surface area contributed by atoms with Gasteiger partial charge in [0, 0.05) is 5.56 Å². The van der Waals surface area contributed by atoms with Crippen molar-refractivity contribution in [2.75, 3.05) is 12.9 Å². The SMILES string of the molecule is COc1ccc2cc(-c3ccc(-c4nc(SC/C(N)=N/N)n[nH]4)o3)ccc2c1. The predicted molar refractivity (Wildman–Crippen MR) is 110 cm³/mol. The minimum atomic E-state index is 0.325. The first-order chi connectivity index (χ1) is 13.7. The summed E-state index contributed by atoms with van der Waals surface area (Å²) in [6.07, 6.45) is 0. The summed E-state index contributed by atoms with van der Waals surface area (Å²) in [7, 11) is 1.66. The molecule has 2 heterocycles. The second kappa shape index (κ2) is 7.65. The van der Waals surface area contributed by atoms with Crippen molar-refractivity contribution in [2.24, 2.45) is 16.7 Å². The molecule has 0 aliphatic carbocycles. The van der Waals surface area contributed by atoms with Gasteiger partial charge in [0.05, 0.1) is 12.9 Å². The third-order valence-corrected chi connectivity index (χ3v) is 5.03. The molecule has 0 amide bonds. The van der Waals surface area contributed by atoms with Gasteiger partial charge < -0.3 is 20.7 Å². The van der Waals surface area contributed by atoms with Gasteiger partial charge in [-0.15, -0.1) is 5.10 Å². The van der Waals surface area contributed by atoms with Crippen LogP contribution in [0.1, 0.15) is 0 Å². The molecule has 9 heteroatoms. The Kier molecular flexibility index (Phi) is 4.90. The number of nitrogens with two attached hydrogens (primary N) is 2. The number of nitrogens with one attached hydrogen (secondary N) is 1. The van der Waals surface area contributed by atoms with Crippen LogP contribution in [0.5, 0.6) is 5.75 Å². The monoisotopic (exact) mass is 394 g/mol. The van der Waals surface area contributed by atoms with Crippen molar-refractivity contribution in [3.8, 4) is 28.7 Å². The van der Waals surface area contributed by atoms with Crippen LogP contribution in [0.25, 0.3) is 33.7 Å². The van der Waals surface area contributed by atoms with Gasteiger partial charge in [-0.1, -0.05) is 30.0 Å². The van der Waals surface area contributed by atoms with Crippen molar-refractivity contribution < 1.29 is 9.15 Å². The van der Waals surface area contributed by atoms with Crippen molar-refractivity contribution in [1.29, 1.82) is 0 Å². The number of benzene rings is 2. The maximum absolute atomic E-state index is 5.97. The molecule has 0 spiro atoms. The number of hydrogen-bond acceptors (Lipinski definition) is 7. The summed E-state index contributed by atoms with van der Waals surface area (Å²) in [4.78, 5) is 4.40. The quantitative estimate of drug-likeness (QED) is 0.151. The van der Waals surface area contributed by atoms with Crippen molar-refractivity contribution in [1.82, 2.24) is 15.2 Å². The Balaban J connectivity index is 1.56. The molecule has 0 fully saturated rings. The topological polar surface area (TPSA) is 128 Å². The molecule has 0 saturated heterocycles. The summed E-state index contributed by atoms with van der Waals surface area (Å²) in [5.41, 5.74) is 6.55. The number of furan rings is 1. The summed E-state index contributed by atoms with van der Waals surface area (Å²) >= 11 is 1.33. The Morgan fingerprint density at radius 1 is 1.14 bits per heavy atom. The number of aromatic nitrogens is 3. The minimum absolute atomic E-state index is 0.325. The number of ether oxygens (including phenoxy) is 1. The number of methoxy groups -OCH3 is 1. The number of nitrogens with zero attached hydrogens (tertiary/aromatic N) is 3. The summed E-state index contributed by atoms with van der Waals surface area (Å²) in [6.45, 7) is 0. The zero-order valence-corrected chi connectivity index (χ0v) is 15.9. The fourth-order valence-corrected chi connectivity index (χ4v) is 3.34. The van der Waals surface area contributed by atoms with E-state index in [1.165, 1.54) is 11.8 Å². The van der Waals surface area contributed by atoms with E-state index in [1.807, 2.05) is 42.5 Å². The Bertz CT molecular complexity index is 1150. The third kappa shape index (κ3) is 3.65. The molecule has 8 nitrogen and oxygen atoms in total. The first-order valence-electron chi connectivity index (χ1n) is 8.42. The molecular formula is C19H18N6O2S. The van der Waals surface area contributed by atoms with Crippen LogP contribution in [-0.4, -0.2) is 33.9 Å². The van der Waals surface area contributed by atoms with Gasteiger partial charge in [0.15, 0.2) is 11.6 Å². The number of hydrazone groups is 1. The van der Waals surface area contributed by atoms with E-state index in [9.17, 15) is 0 Å². The number of thioether (sulfide) groups is 1. The van der Waals surface area contributed by atoms with E-state index in [0.717, 1.165) is 27.8 Å². The lowest BCUT2D eigenvalue weighted by molar-refractivity contribution is 0.415. The number of aromatic amines is 1. The van der Waals surface area contributed by atoms with Crippen molar-refractivity contribution >= 4 is 28.4 Å². The van der Waals surface area contributed by atoms with Crippen LogP contribution in [0, 0.1) is 0 Å². The maximum Gasteiger partial charge on any atom is 0.209 e. The zero-order chi connectivity index (χ0) is 19.5. The summed E-state index contributed by atoms with van der Waals surface area (Å²) in [5.74, 6) is 8.59. The molecule has 0 radical (unpaired) electrons. The molecule has 0 bridgehead atoms. The van der Waals surface area contributed by atoms with E-state index in [-0.39, 0.29) is 0 Å². The van der Waals surface area contributed by atoms with Crippen LogP contribution in [0.15, 0.2) is 63.2 Å². The molecule has 2 aromatic carbocycles. The lowest BCUT2D eigenvalue weighted by Gasteiger charge is -2.04. The molecule has 5 N–H and O–H groups in total. The van der Waals surface area contributed by atoms with Gasteiger partial charge in [-0.2, -0.15) is 10.1 Å². The third-order valence-electron chi connectivity index (χ3n) is 4.15. The van der Waals surface area contributed by atoms with Crippen LogP contribution in [0.3, 0.4) is 0 Å². The zero-order valence-electron chi connectivity index (χ0n) is 15.0. The molecular weight excluding hydrogens is 376 g/mol. The van der Waals surface area contributed by atoms with E-state index >= 15 is 0 Å². The Morgan fingerprint density at radius 2 is 1.93 bits per heavy atom. The summed E-state index contributed by atoms with van der Waals surface area (Å²) in [5, 5.41) is 13.2. The lowest BCUT2D eigenvalue weighted by atomic mass is 10.1. The van der Waals surface area contributed by atoms with Gasteiger partial charge in [-0.25, -0.2) is 0 Å². The van der Waals surface area contributed by atoms with Gasteiger partial charge in [0.2, 0.25) is 5.16 Å². The lowest BCUT2D eigenvalue weighted by Crippen LogP contribution is -2.16. The molecule has 142 valence electrons. The van der Waals surface area contributed by atoms with E-state index in [2.05, 4.69) is 26.3 Å². The molecule has 0 aliphatic heterocycles. The van der Waals surface area contributed by atoms with Crippen LogP contribution in [-0.2, 0) is 0 Å². The Hall–Kier alpha value is -3.46. The molecule has 2 aromatic heterocycles. The highest BCUT2D eigenvalue weighted by atomic mass is 32.2. The molecule has 4 rings (SSSR count). The summed E-state index contributed by atoms with van der Waals surface area (Å²) < 4.78 is 11.2. The average Bonchev–Trinajstić information content (AvgIpc) is 3.40.